The highest BCUT2D eigenvalue weighted by atomic mass is 16.2. The van der Waals surface area contributed by atoms with Crippen LogP contribution in [-0.4, -0.2) is 48.6 Å². The van der Waals surface area contributed by atoms with Crippen molar-refractivity contribution in [3.63, 3.8) is 0 Å². The summed E-state index contributed by atoms with van der Waals surface area (Å²) in [6, 6.07) is 0.403. The topological polar surface area (TPSA) is 49.6 Å². The number of hydrogen-bond acceptors (Lipinski definition) is 2. The maximum atomic E-state index is 11.4. The molecule has 0 radical (unpaired) electrons. The summed E-state index contributed by atoms with van der Waals surface area (Å²) in [7, 11) is 1.84. The summed E-state index contributed by atoms with van der Waals surface area (Å²) < 4.78 is 0. The first kappa shape index (κ1) is 10.3. The molecule has 4 nitrogen and oxygen atoms in total. The molecule has 1 fully saturated rings. The van der Waals surface area contributed by atoms with Crippen LogP contribution in [0, 0.1) is 0 Å². The van der Waals surface area contributed by atoms with Crippen LogP contribution in [-0.2, 0) is 0 Å². The predicted molar refractivity (Wildman–Crippen MR) is 52.5 cm³/mol. The summed E-state index contributed by atoms with van der Waals surface area (Å²) in [5, 5.41) is 0. The summed E-state index contributed by atoms with van der Waals surface area (Å²) in [6.45, 7) is 4.58. The number of rotatable bonds is 4. The SMILES string of the molecule is CC(N)CCCN1CCN(C)C1=O. The van der Waals surface area contributed by atoms with E-state index in [0.29, 0.717) is 0 Å². The van der Waals surface area contributed by atoms with Gasteiger partial charge in [0, 0.05) is 32.7 Å². The molecule has 1 aliphatic rings. The van der Waals surface area contributed by atoms with Crippen molar-refractivity contribution < 1.29 is 4.79 Å². The zero-order valence-electron chi connectivity index (χ0n) is 8.49. The lowest BCUT2D eigenvalue weighted by molar-refractivity contribution is 0.197. The molecule has 1 saturated heterocycles. The van der Waals surface area contributed by atoms with Crippen molar-refractivity contribution in [2.24, 2.45) is 5.73 Å². The summed E-state index contributed by atoms with van der Waals surface area (Å²) in [5.41, 5.74) is 5.63. The quantitative estimate of drug-likeness (QED) is 0.692. The zero-order valence-corrected chi connectivity index (χ0v) is 8.49. The Bertz CT molecular complexity index is 182. The van der Waals surface area contributed by atoms with Crippen molar-refractivity contribution in [1.82, 2.24) is 9.80 Å². The molecule has 0 bridgehead atoms. The summed E-state index contributed by atoms with van der Waals surface area (Å²) >= 11 is 0. The minimum absolute atomic E-state index is 0.157. The van der Waals surface area contributed by atoms with E-state index < -0.39 is 0 Å². The molecule has 0 aromatic carbocycles. The van der Waals surface area contributed by atoms with Crippen molar-refractivity contribution >= 4 is 6.03 Å². The molecule has 0 saturated carbocycles. The number of amides is 2. The molecule has 0 spiro atoms. The molecule has 2 amide bonds. The van der Waals surface area contributed by atoms with Crippen LogP contribution in [0.3, 0.4) is 0 Å². The van der Waals surface area contributed by atoms with Gasteiger partial charge in [-0.15, -0.1) is 0 Å². The van der Waals surface area contributed by atoms with Crippen LogP contribution < -0.4 is 5.73 Å². The summed E-state index contributed by atoms with van der Waals surface area (Å²) in [6.07, 6.45) is 2.00. The highest BCUT2D eigenvalue weighted by molar-refractivity contribution is 5.76. The van der Waals surface area contributed by atoms with Gasteiger partial charge < -0.3 is 15.5 Å². The highest BCUT2D eigenvalue weighted by Crippen LogP contribution is 2.07. The van der Waals surface area contributed by atoms with Crippen LogP contribution in [0.4, 0.5) is 4.79 Å². The first-order chi connectivity index (χ1) is 6.11. The maximum absolute atomic E-state index is 11.4. The molecule has 13 heavy (non-hydrogen) atoms. The average molecular weight is 185 g/mol. The molecule has 2 N–H and O–H groups in total. The first-order valence-corrected chi connectivity index (χ1v) is 4.87. The minimum atomic E-state index is 0.157. The second-order valence-corrected chi connectivity index (χ2v) is 3.81. The van der Waals surface area contributed by atoms with Crippen LogP contribution in [0.1, 0.15) is 19.8 Å². The molecule has 1 heterocycles. The molecule has 4 heteroatoms. The van der Waals surface area contributed by atoms with Crippen LogP contribution in [0.5, 0.6) is 0 Å². The van der Waals surface area contributed by atoms with Gasteiger partial charge in [0.25, 0.3) is 0 Å². The van der Waals surface area contributed by atoms with E-state index in [1.807, 2.05) is 18.9 Å². The average Bonchev–Trinajstić information content (AvgIpc) is 2.35. The van der Waals surface area contributed by atoms with E-state index in [1.165, 1.54) is 0 Å². The molecule has 1 atom stereocenters. The van der Waals surface area contributed by atoms with Gasteiger partial charge >= 0.3 is 6.03 Å². The number of hydrogen-bond donors (Lipinski definition) is 1. The van der Waals surface area contributed by atoms with Gasteiger partial charge in [0.1, 0.15) is 0 Å². The molecule has 1 aliphatic heterocycles. The normalized spacial score (nSPS) is 19.8. The van der Waals surface area contributed by atoms with E-state index in [0.717, 1.165) is 32.5 Å². The number of carbonyl (C=O) groups is 1. The van der Waals surface area contributed by atoms with Crippen molar-refractivity contribution in [3.05, 3.63) is 0 Å². The standard InChI is InChI=1S/C9H19N3O/c1-8(10)4-3-5-12-7-6-11(2)9(12)13/h8H,3-7,10H2,1-2H3. The van der Waals surface area contributed by atoms with Crippen molar-refractivity contribution in [1.29, 1.82) is 0 Å². The monoisotopic (exact) mass is 185 g/mol. The second-order valence-electron chi connectivity index (χ2n) is 3.81. The van der Waals surface area contributed by atoms with E-state index in [4.69, 9.17) is 5.73 Å². The molecule has 76 valence electrons. The number of likely N-dealkylation sites (N-methyl/N-ethyl adjacent to an activating group) is 1. The third kappa shape index (κ3) is 2.88. The minimum Gasteiger partial charge on any atom is -0.328 e. The summed E-state index contributed by atoms with van der Waals surface area (Å²) in [5.74, 6) is 0. The zero-order chi connectivity index (χ0) is 9.84. The van der Waals surface area contributed by atoms with Crippen LogP contribution >= 0.6 is 0 Å². The fourth-order valence-corrected chi connectivity index (χ4v) is 1.51. The Balaban J connectivity index is 2.19. The lowest BCUT2D eigenvalue weighted by atomic mass is 10.2. The molecular weight excluding hydrogens is 166 g/mol. The van der Waals surface area contributed by atoms with Crippen LogP contribution in [0.25, 0.3) is 0 Å². The molecular formula is C9H19N3O. The van der Waals surface area contributed by atoms with E-state index in [-0.39, 0.29) is 12.1 Å². The second kappa shape index (κ2) is 4.46. The van der Waals surface area contributed by atoms with Gasteiger partial charge in [-0.3, -0.25) is 0 Å². The lowest BCUT2D eigenvalue weighted by Crippen LogP contribution is -2.30. The first-order valence-electron chi connectivity index (χ1n) is 4.87. The van der Waals surface area contributed by atoms with Crippen molar-refractivity contribution in [3.8, 4) is 0 Å². The molecule has 1 unspecified atom stereocenters. The Morgan fingerprint density at radius 2 is 2.23 bits per heavy atom. The van der Waals surface area contributed by atoms with Gasteiger partial charge in [-0.05, 0) is 19.8 Å². The molecule has 0 aromatic heterocycles. The fraction of sp³-hybridized carbons (Fsp3) is 0.889. The van der Waals surface area contributed by atoms with Crippen LogP contribution in [0.2, 0.25) is 0 Å². The summed E-state index contributed by atoms with van der Waals surface area (Å²) in [4.78, 5) is 15.0. The number of urea groups is 1. The Hall–Kier alpha value is -0.770. The van der Waals surface area contributed by atoms with E-state index in [1.54, 1.807) is 4.90 Å². The Morgan fingerprint density at radius 1 is 1.54 bits per heavy atom. The fourth-order valence-electron chi connectivity index (χ4n) is 1.51. The molecule has 1 rings (SSSR count). The largest absolute Gasteiger partial charge is 0.328 e. The lowest BCUT2D eigenvalue weighted by Gasteiger charge is -2.16. The Labute approximate surface area is 79.7 Å². The van der Waals surface area contributed by atoms with E-state index >= 15 is 0 Å². The van der Waals surface area contributed by atoms with Gasteiger partial charge in [-0.25, -0.2) is 4.79 Å². The predicted octanol–water partition coefficient (Wildman–Crippen LogP) is 0.481. The van der Waals surface area contributed by atoms with Gasteiger partial charge in [0.15, 0.2) is 0 Å². The molecule has 0 aliphatic carbocycles. The third-order valence-corrected chi connectivity index (χ3v) is 2.39. The van der Waals surface area contributed by atoms with Gasteiger partial charge in [-0.2, -0.15) is 0 Å². The maximum Gasteiger partial charge on any atom is 0.319 e. The van der Waals surface area contributed by atoms with Crippen molar-refractivity contribution in [2.75, 3.05) is 26.7 Å². The third-order valence-electron chi connectivity index (χ3n) is 2.39. The van der Waals surface area contributed by atoms with Gasteiger partial charge in [-0.1, -0.05) is 0 Å². The van der Waals surface area contributed by atoms with Gasteiger partial charge in [0.2, 0.25) is 0 Å². The highest BCUT2D eigenvalue weighted by Gasteiger charge is 2.24. The number of carbonyl (C=O) groups excluding carboxylic acids is 1. The Kier molecular flexibility index (Phi) is 3.54. The smallest absolute Gasteiger partial charge is 0.319 e. The Morgan fingerprint density at radius 3 is 2.69 bits per heavy atom. The molecule has 0 aromatic rings. The van der Waals surface area contributed by atoms with Gasteiger partial charge in [0.05, 0.1) is 0 Å². The number of nitrogens with two attached hydrogens (primary N) is 1. The van der Waals surface area contributed by atoms with Crippen LogP contribution in [0.15, 0.2) is 0 Å². The van der Waals surface area contributed by atoms with E-state index in [2.05, 4.69) is 0 Å². The number of nitrogens with zero attached hydrogens (tertiary/aromatic N) is 2. The van der Waals surface area contributed by atoms with E-state index in [9.17, 15) is 4.79 Å². The van der Waals surface area contributed by atoms with Crippen molar-refractivity contribution in [2.45, 2.75) is 25.8 Å².